The Hall–Kier alpha value is -2.39. The third-order valence-electron chi connectivity index (χ3n) is 5.15. The lowest BCUT2D eigenvalue weighted by atomic mass is 9.80. The molecule has 2 aromatic rings. The lowest BCUT2D eigenvalue weighted by Gasteiger charge is -2.36. The Bertz CT molecular complexity index is 887. The van der Waals surface area contributed by atoms with Gasteiger partial charge in [-0.25, -0.2) is 4.39 Å². The summed E-state index contributed by atoms with van der Waals surface area (Å²) in [7, 11) is 0. The van der Waals surface area contributed by atoms with Crippen LogP contribution in [-0.4, -0.2) is 15.9 Å². The van der Waals surface area contributed by atoms with Crippen molar-refractivity contribution in [3.63, 3.8) is 0 Å². The quantitative estimate of drug-likeness (QED) is 0.891. The average Bonchev–Trinajstić information content (AvgIpc) is 3.06. The van der Waals surface area contributed by atoms with Gasteiger partial charge in [-0.2, -0.15) is 5.26 Å². The summed E-state index contributed by atoms with van der Waals surface area (Å²) in [5.74, 6) is 0.949. The Labute approximate surface area is 150 Å². The van der Waals surface area contributed by atoms with E-state index in [2.05, 4.69) is 11.1 Å². The number of benzene rings is 1. The van der Waals surface area contributed by atoms with Gasteiger partial charge in [0.1, 0.15) is 11.9 Å². The van der Waals surface area contributed by atoms with Crippen LogP contribution < -0.4 is 5.73 Å². The van der Waals surface area contributed by atoms with Crippen molar-refractivity contribution in [2.24, 2.45) is 16.6 Å². The second-order valence-electron chi connectivity index (χ2n) is 6.51. The van der Waals surface area contributed by atoms with Gasteiger partial charge in [0.15, 0.2) is 5.17 Å². The molecule has 25 heavy (non-hydrogen) atoms. The standard InChI is InChI=1S/C19H17FN4S/c20-16-5-4-13(17-6-3-12(9-21)10-23-17)8-15(16)19-7-1-2-14(19)11-25-18(22)24-19/h3-6,8,10,14H,1-2,7,11H2,(H2,22,24)/t14-,19-/m0/s1. The maximum absolute atomic E-state index is 14.8. The Kier molecular flexibility index (Phi) is 3.97. The van der Waals surface area contributed by atoms with Crippen molar-refractivity contribution in [3.8, 4) is 17.3 Å². The number of nitrogens with two attached hydrogens (primary N) is 1. The molecule has 2 N–H and O–H groups in total. The number of halogens is 1. The summed E-state index contributed by atoms with van der Waals surface area (Å²) < 4.78 is 14.8. The molecular weight excluding hydrogens is 335 g/mol. The van der Waals surface area contributed by atoms with Crippen LogP contribution >= 0.6 is 11.8 Å². The first-order chi connectivity index (χ1) is 12.1. The van der Waals surface area contributed by atoms with Crippen LogP contribution in [0.3, 0.4) is 0 Å². The highest BCUT2D eigenvalue weighted by molar-refractivity contribution is 8.13. The lowest BCUT2D eigenvalue weighted by Crippen LogP contribution is -2.37. The van der Waals surface area contributed by atoms with E-state index in [1.807, 2.05) is 6.07 Å². The number of nitriles is 1. The van der Waals surface area contributed by atoms with E-state index in [1.54, 1.807) is 30.0 Å². The summed E-state index contributed by atoms with van der Waals surface area (Å²) in [4.78, 5) is 9.05. The van der Waals surface area contributed by atoms with E-state index in [0.29, 0.717) is 27.9 Å². The number of aliphatic imine (C=N–C) groups is 1. The zero-order valence-corrected chi connectivity index (χ0v) is 14.4. The number of nitrogens with zero attached hydrogens (tertiary/aromatic N) is 3. The van der Waals surface area contributed by atoms with Gasteiger partial charge in [0.05, 0.1) is 16.8 Å². The molecule has 0 unspecified atom stereocenters. The highest BCUT2D eigenvalue weighted by Crippen LogP contribution is 2.51. The van der Waals surface area contributed by atoms with Gasteiger partial charge in [-0.3, -0.25) is 9.98 Å². The van der Waals surface area contributed by atoms with Gasteiger partial charge >= 0.3 is 0 Å². The van der Waals surface area contributed by atoms with Crippen molar-refractivity contribution in [1.29, 1.82) is 5.26 Å². The van der Waals surface area contributed by atoms with Crippen LogP contribution in [0.15, 0.2) is 41.5 Å². The molecule has 4 rings (SSSR count). The molecule has 0 amide bonds. The van der Waals surface area contributed by atoms with Crippen molar-refractivity contribution in [2.75, 3.05) is 5.75 Å². The molecule has 126 valence electrons. The summed E-state index contributed by atoms with van der Waals surface area (Å²) >= 11 is 1.56. The van der Waals surface area contributed by atoms with Crippen molar-refractivity contribution >= 4 is 16.9 Å². The second kappa shape index (κ2) is 6.16. The zero-order valence-electron chi connectivity index (χ0n) is 13.6. The Morgan fingerprint density at radius 3 is 2.96 bits per heavy atom. The van der Waals surface area contributed by atoms with Gasteiger partial charge in [0.25, 0.3) is 0 Å². The summed E-state index contributed by atoms with van der Waals surface area (Å²) in [6, 6.07) is 10.6. The number of hydrogen-bond acceptors (Lipinski definition) is 5. The van der Waals surface area contributed by atoms with E-state index in [9.17, 15) is 4.39 Å². The fourth-order valence-electron chi connectivity index (χ4n) is 3.91. The molecule has 0 bridgehead atoms. The smallest absolute Gasteiger partial charge is 0.154 e. The van der Waals surface area contributed by atoms with E-state index in [4.69, 9.17) is 16.0 Å². The minimum absolute atomic E-state index is 0.243. The maximum atomic E-state index is 14.8. The Morgan fingerprint density at radius 1 is 1.32 bits per heavy atom. The summed E-state index contributed by atoms with van der Waals surface area (Å²) in [5.41, 5.74) is 8.10. The molecule has 2 aliphatic rings. The molecule has 1 aromatic carbocycles. The first-order valence-electron chi connectivity index (χ1n) is 8.27. The average molecular weight is 352 g/mol. The van der Waals surface area contributed by atoms with Crippen molar-refractivity contribution in [3.05, 3.63) is 53.5 Å². The topological polar surface area (TPSA) is 75.1 Å². The SMILES string of the molecule is N#Cc1ccc(-c2ccc(F)c([C@]34CCC[C@H]3CSC(N)=N4)c2)nc1. The number of thioether (sulfide) groups is 1. The molecule has 4 nitrogen and oxygen atoms in total. The molecule has 0 spiro atoms. The monoisotopic (exact) mass is 352 g/mol. The first kappa shape index (κ1) is 16.1. The van der Waals surface area contributed by atoms with Gasteiger partial charge in [-0.15, -0.1) is 0 Å². The molecule has 1 aliphatic heterocycles. The molecule has 1 fully saturated rings. The number of rotatable bonds is 2. The molecule has 2 atom stereocenters. The Balaban J connectivity index is 1.82. The molecule has 0 saturated heterocycles. The third kappa shape index (κ3) is 2.69. The van der Waals surface area contributed by atoms with E-state index in [0.717, 1.165) is 30.6 Å². The normalized spacial score (nSPS) is 25.1. The van der Waals surface area contributed by atoms with Crippen LogP contribution in [0.25, 0.3) is 11.3 Å². The van der Waals surface area contributed by atoms with Gasteiger partial charge in [0, 0.05) is 23.1 Å². The zero-order chi connectivity index (χ0) is 17.4. The number of amidine groups is 1. The van der Waals surface area contributed by atoms with Gasteiger partial charge in [-0.1, -0.05) is 18.2 Å². The lowest BCUT2D eigenvalue weighted by molar-refractivity contribution is 0.341. The van der Waals surface area contributed by atoms with E-state index < -0.39 is 5.54 Å². The van der Waals surface area contributed by atoms with Crippen molar-refractivity contribution in [2.45, 2.75) is 24.8 Å². The van der Waals surface area contributed by atoms with Gasteiger partial charge < -0.3 is 5.73 Å². The maximum Gasteiger partial charge on any atom is 0.154 e. The minimum Gasteiger partial charge on any atom is -0.379 e. The van der Waals surface area contributed by atoms with E-state index in [-0.39, 0.29) is 5.82 Å². The van der Waals surface area contributed by atoms with Gasteiger partial charge in [0.2, 0.25) is 0 Å². The van der Waals surface area contributed by atoms with E-state index in [1.165, 1.54) is 12.3 Å². The highest BCUT2D eigenvalue weighted by Gasteiger charge is 2.48. The Morgan fingerprint density at radius 2 is 2.20 bits per heavy atom. The molecule has 1 aliphatic carbocycles. The first-order valence-corrected chi connectivity index (χ1v) is 9.25. The fraction of sp³-hybridized carbons (Fsp3) is 0.316. The number of pyridine rings is 1. The molecule has 1 saturated carbocycles. The fourth-order valence-corrected chi connectivity index (χ4v) is 4.95. The van der Waals surface area contributed by atoms with Crippen LogP contribution in [0, 0.1) is 23.1 Å². The predicted molar refractivity (Wildman–Crippen MR) is 97.4 cm³/mol. The molecule has 6 heteroatoms. The van der Waals surface area contributed by atoms with Crippen LogP contribution in [0.4, 0.5) is 4.39 Å². The number of hydrogen-bond donors (Lipinski definition) is 1. The third-order valence-corrected chi connectivity index (χ3v) is 6.11. The molecule has 0 radical (unpaired) electrons. The number of aromatic nitrogens is 1. The van der Waals surface area contributed by atoms with Crippen LogP contribution in [0.5, 0.6) is 0 Å². The molecular formula is C19H17FN4S. The molecule has 1 aromatic heterocycles. The van der Waals surface area contributed by atoms with Crippen LogP contribution in [0.1, 0.15) is 30.4 Å². The molecule has 2 heterocycles. The van der Waals surface area contributed by atoms with E-state index >= 15 is 0 Å². The van der Waals surface area contributed by atoms with Crippen molar-refractivity contribution < 1.29 is 4.39 Å². The largest absolute Gasteiger partial charge is 0.379 e. The summed E-state index contributed by atoms with van der Waals surface area (Å²) in [6.07, 6.45) is 4.42. The summed E-state index contributed by atoms with van der Waals surface area (Å²) in [5, 5.41) is 9.45. The van der Waals surface area contributed by atoms with Crippen molar-refractivity contribution in [1.82, 2.24) is 4.98 Å². The van der Waals surface area contributed by atoms with Crippen LogP contribution in [0.2, 0.25) is 0 Å². The predicted octanol–water partition coefficient (Wildman–Crippen LogP) is 3.82. The minimum atomic E-state index is -0.554. The van der Waals surface area contributed by atoms with Gasteiger partial charge in [-0.05, 0) is 49.1 Å². The highest BCUT2D eigenvalue weighted by atomic mass is 32.2. The second-order valence-corrected chi connectivity index (χ2v) is 7.55. The van der Waals surface area contributed by atoms with Crippen LogP contribution in [-0.2, 0) is 5.54 Å². The number of fused-ring (bicyclic) bond motifs is 1. The summed E-state index contributed by atoms with van der Waals surface area (Å²) in [6.45, 7) is 0.